The third-order valence-electron chi connectivity index (χ3n) is 28.0. The summed E-state index contributed by atoms with van der Waals surface area (Å²) in [4.78, 5) is 94.6. The molecule has 131 heavy (non-hydrogen) atoms. The van der Waals surface area contributed by atoms with E-state index in [0.29, 0.717) is 126 Å². The number of benzene rings is 4. The number of anilines is 6. The molecule has 0 saturated carbocycles. The summed E-state index contributed by atoms with van der Waals surface area (Å²) in [6.07, 6.45) is -6.01. The number of rotatable bonds is 24. The Labute approximate surface area is 762 Å². The monoisotopic (exact) mass is 1830 g/mol. The zero-order valence-corrected chi connectivity index (χ0v) is 75.4. The smallest absolute Gasteiger partial charge is 0.421 e. The van der Waals surface area contributed by atoms with Crippen molar-refractivity contribution in [2.45, 2.75) is 178 Å². The second-order valence-electron chi connectivity index (χ2n) is 36.1. The van der Waals surface area contributed by atoms with Gasteiger partial charge < -0.3 is 63.2 Å². The van der Waals surface area contributed by atoms with Gasteiger partial charge in [0.2, 0.25) is 11.8 Å². The maximum Gasteiger partial charge on any atom is 0.421 e. The van der Waals surface area contributed by atoms with Crippen LogP contribution in [0.3, 0.4) is 0 Å². The van der Waals surface area contributed by atoms with Crippen LogP contribution >= 0.6 is 11.6 Å². The number of hydrogen-bond acceptors (Lipinski definition) is 24. The van der Waals surface area contributed by atoms with Gasteiger partial charge in [-0.15, -0.1) is 0 Å². The molecule has 0 radical (unpaired) electrons. The molecule has 8 atom stereocenters. The van der Waals surface area contributed by atoms with E-state index in [0.717, 1.165) is 132 Å². The summed E-state index contributed by atoms with van der Waals surface area (Å²) < 4.78 is 129. The van der Waals surface area contributed by atoms with Gasteiger partial charge in [0.1, 0.15) is 42.8 Å². The predicted molar refractivity (Wildman–Crippen MR) is 480 cm³/mol. The average Bonchev–Trinajstić information content (AvgIpc) is 0.988. The number of nitrogens with zero attached hydrogens (tertiary/aromatic N) is 21. The van der Waals surface area contributed by atoms with Crippen LogP contribution in [-0.2, 0) is 53.3 Å². The van der Waals surface area contributed by atoms with Gasteiger partial charge in [-0.25, -0.2) is 8.78 Å². The van der Waals surface area contributed by atoms with Gasteiger partial charge in [-0.05, 0) is 181 Å². The summed E-state index contributed by atoms with van der Waals surface area (Å²) in [5, 5.41) is 32.6. The zero-order chi connectivity index (χ0) is 92.6. The minimum absolute atomic E-state index is 0.0220. The topological polar surface area (TPSA) is 266 Å². The van der Waals surface area contributed by atoms with E-state index in [1.807, 2.05) is 40.1 Å². The molecule has 3 aromatic heterocycles. The fraction of sp³-hybridized carbons (Fsp3) is 0.516. The molecule has 0 spiro atoms. The van der Waals surface area contributed by atoms with E-state index < -0.39 is 60.2 Å². The number of allylic oxidation sites excluding steroid dienone is 2. The fourth-order valence-electron chi connectivity index (χ4n) is 20.5. The molecule has 4 aromatic carbocycles. The van der Waals surface area contributed by atoms with E-state index in [-0.39, 0.29) is 139 Å². The molecule has 9 aliphatic rings. The highest BCUT2D eigenvalue weighted by Crippen LogP contribution is 2.45. The van der Waals surface area contributed by atoms with E-state index in [1.54, 1.807) is 0 Å². The molecule has 0 aliphatic carbocycles. The van der Waals surface area contributed by atoms with Gasteiger partial charge in [-0.1, -0.05) is 54.6 Å². The maximum absolute atomic E-state index is 13.9. The SMILES string of the molecule is C=C(C(=O)N1CCN(c2nc(OC[C@@H]3CCCN3C)nc3c2CCN(c2cc(C4C[C@@H](COc5nc6c(c(N7CCN(C(=O)/C=C/C(F)(F)F)[C@@H](CC#N)C7)n5)CCN(c5cc(C7C[C@@H](COc8nc9c(c(N%10CCN(C(=O)/C=C/C(F)F)[C@@H](CC#N)C%10)n8)CCN(c8cccc%10cccc(Cl)c8%10)C9)N(C)C7)cc(C)c5C)C6)N(C)C4)cc(C)c2C)C3)C[C@@H]1CC#N)C(F)(F)F. The lowest BCUT2D eigenvalue weighted by Gasteiger charge is -2.42. The number of carbonyl (C=O) groups excluding carboxylic acids is 3. The number of aromatic nitrogens is 6. The number of likely N-dealkylation sites (N-methyl/N-ethyl adjacent to an activating group) is 3. The van der Waals surface area contributed by atoms with Crippen LogP contribution in [0.15, 0.2) is 97.1 Å². The number of likely N-dealkylation sites (tertiary alicyclic amines) is 3. The molecule has 6 fully saturated rings. The Morgan fingerprint density at radius 3 is 1.35 bits per heavy atom. The third kappa shape index (κ3) is 20.2. The largest absolute Gasteiger partial charge is 0.462 e. The number of alkyl halides is 8. The molecule has 0 N–H and O–H groups in total. The van der Waals surface area contributed by atoms with Gasteiger partial charge in [-0.2, -0.15) is 72.0 Å². The lowest BCUT2D eigenvalue weighted by atomic mass is 9.91. The first kappa shape index (κ1) is 92.6. The second kappa shape index (κ2) is 39.0. The Bertz CT molecular complexity index is 5700. The summed E-state index contributed by atoms with van der Waals surface area (Å²) in [5.74, 6) is -0.781. The first-order valence-corrected chi connectivity index (χ1v) is 45.2. The minimum atomic E-state index is -4.94. The van der Waals surface area contributed by atoms with Crippen molar-refractivity contribution in [3.63, 3.8) is 0 Å². The quantitative estimate of drug-likeness (QED) is 0.0402. The lowest BCUT2D eigenvalue weighted by molar-refractivity contribution is -0.142. The van der Waals surface area contributed by atoms with Crippen LogP contribution in [0.2, 0.25) is 5.02 Å². The van der Waals surface area contributed by atoms with Crippen LogP contribution in [0.25, 0.3) is 10.8 Å². The van der Waals surface area contributed by atoms with Crippen molar-refractivity contribution in [1.82, 2.24) is 59.3 Å². The van der Waals surface area contributed by atoms with Gasteiger partial charge in [0.15, 0.2) is 0 Å². The molecule has 692 valence electrons. The van der Waals surface area contributed by atoms with Gasteiger partial charge >= 0.3 is 30.4 Å². The Kier molecular flexibility index (Phi) is 27.5. The highest BCUT2D eigenvalue weighted by molar-refractivity contribution is 6.36. The minimum Gasteiger partial charge on any atom is -0.462 e. The van der Waals surface area contributed by atoms with Crippen molar-refractivity contribution in [3.8, 4) is 36.2 Å². The van der Waals surface area contributed by atoms with Crippen LogP contribution in [0.4, 0.5) is 69.6 Å². The fourth-order valence-corrected chi connectivity index (χ4v) is 20.8. The molecule has 3 amide bonds. The van der Waals surface area contributed by atoms with Crippen molar-refractivity contribution >= 4 is 74.6 Å². The number of fused-ring (bicyclic) bond motifs is 4. The van der Waals surface area contributed by atoms with Crippen LogP contribution in [-0.4, -0.2) is 271 Å². The molecule has 27 nitrogen and oxygen atoms in total. The third-order valence-corrected chi connectivity index (χ3v) is 28.3. The molecular formula is C95H108ClF8N21O6. The Balaban J connectivity index is 0.637. The van der Waals surface area contributed by atoms with Crippen molar-refractivity contribution < 1.29 is 63.7 Å². The van der Waals surface area contributed by atoms with Crippen molar-refractivity contribution in [2.24, 2.45) is 0 Å². The first-order chi connectivity index (χ1) is 62.8. The lowest BCUT2D eigenvalue weighted by Crippen LogP contribution is -2.56. The number of carbonyl (C=O) groups is 3. The van der Waals surface area contributed by atoms with Crippen LogP contribution in [0.5, 0.6) is 18.0 Å². The van der Waals surface area contributed by atoms with Gasteiger partial charge in [0.25, 0.3) is 12.3 Å². The Hall–Kier alpha value is -11.7. The molecule has 16 rings (SSSR count). The Morgan fingerprint density at radius 2 is 0.931 bits per heavy atom. The number of nitriles is 3. The summed E-state index contributed by atoms with van der Waals surface area (Å²) in [6.45, 7) is 18.7. The van der Waals surface area contributed by atoms with E-state index in [2.05, 4.69) is 138 Å². The second-order valence-corrected chi connectivity index (χ2v) is 36.5. The average molecular weight is 1830 g/mol. The van der Waals surface area contributed by atoms with E-state index in [9.17, 15) is 65.3 Å². The van der Waals surface area contributed by atoms with Crippen LogP contribution in [0, 0.1) is 61.7 Å². The molecule has 0 bridgehead atoms. The standard InChI is InChI=1S/C95H108ClF8N21O6/c1-57-40-63(44-81(59(57)3)118-33-25-75-78(52-118)109-91(129-54-70-14-11-30-114(70)6)111-89(75)122-36-39-125(69(50-122)22-29-107)90(128)61(5)95(102,103)104)66-43-72(116(8)47-66)56-131-93-110-79-53-119(32-24-74(79)88(113-93)121-35-38-124(68(49-121)21-28-106)85(127)19-26-94(99,100)101)82-45-64(41-58(2)60(82)4)65-42-71(115(7)46-65)55-130-92-108-77-51-117(80-16-10-13-62-12-9-15-76(96)86(62)80)31-23-73(77)87(112-92)120-34-37-123(67(48-120)20-27-105)84(126)18-17-83(97)98/h9-10,12-13,15-19,26,40-41,44-45,65-72,83H,5,11,14,20-25,30-39,42-43,46-56H2,1-4,6-8H3/b18-17+,26-19+/t65?,66?,67-,68-,69-,70-,71-,72-/m0/s1. The normalized spacial score (nSPS) is 22.4. The number of piperazine rings is 3. The molecule has 7 aromatic rings. The molecule has 12 heterocycles. The Morgan fingerprint density at radius 1 is 0.511 bits per heavy atom. The van der Waals surface area contributed by atoms with Gasteiger partial charge in [0.05, 0.1) is 97.3 Å². The maximum atomic E-state index is 13.9. The van der Waals surface area contributed by atoms with Crippen LogP contribution < -0.4 is 43.6 Å². The van der Waals surface area contributed by atoms with Crippen LogP contribution in [0.1, 0.15) is 124 Å². The molecule has 9 aliphatic heterocycles. The molecule has 36 heteroatoms. The number of aryl methyl sites for hydroxylation is 2. The summed E-state index contributed by atoms with van der Waals surface area (Å²) in [6, 6.07) is 25.6. The first-order valence-electron chi connectivity index (χ1n) is 44.9. The summed E-state index contributed by atoms with van der Waals surface area (Å²) in [7, 11) is 6.21. The summed E-state index contributed by atoms with van der Waals surface area (Å²) >= 11 is 6.91. The van der Waals surface area contributed by atoms with E-state index in [1.165, 1.54) is 9.80 Å². The number of halogens is 9. The van der Waals surface area contributed by atoms with E-state index >= 15 is 0 Å². The zero-order valence-electron chi connectivity index (χ0n) is 74.6. The van der Waals surface area contributed by atoms with Gasteiger partial charge in [0, 0.05) is 167 Å². The number of hydrogen-bond donors (Lipinski definition) is 0. The van der Waals surface area contributed by atoms with Crippen molar-refractivity contribution in [2.75, 3.05) is 169 Å². The van der Waals surface area contributed by atoms with Gasteiger partial charge in [-0.3, -0.25) is 24.2 Å². The highest BCUT2D eigenvalue weighted by atomic mass is 35.5. The number of ether oxygens (including phenoxy) is 3. The molecular weight excluding hydrogens is 1720 g/mol. The van der Waals surface area contributed by atoms with E-state index in [4.69, 9.17) is 55.7 Å². The van der Waals surface area contributed by atoms with Crippen molar-refractivity contribution in [3.05, 3.63) is 169 Å². The summed E-state index contributed by atoms with van der Waals surface area (Å²) in [5.41, 5.74) is 13.0. The molecule has 2 unspecified atom stereocenters. The predicted octanol–water partition coefficient (Wildman–Crippen LogP) is 12.8. The van der Waals surface area contributed by atoms with Crippen molar-refractivity contribution in [1.29, 1.82) is 15.8 Å². The molecule has 6 saturated heterocycles. The highest BCUT2D eigenvalue weighted by Gasteiger charge is 2.45. The number of amides is 3.